The van der Waals surface area contributed by atoms with Gasteiger partial charge in [-0.3, -0.25) is 4.79 Å². The number of carbonyl (C=O) groups is 1. The van der Waals surface area contributed by atoms with Crippen LogP contribution in [0, 0.1) is 5.82 Å². The minimum Gasteiger partial charge on any atom is -0.366 e. The van der Waals surface area contributed by atoms with Crippen molar-refractivity contribution in [3.63, 3.8) is 0 Å². The number of halogens is 1. The number of nitrogens with two attached hydrogens (primary N) is 1. The number of hydrogen-bond donors (Lipinski definition) is 1. The third-order valence-corrected chi connectivity index (χ3v) is 4.87. The van der Waals surface area contributed by atoms with Gasteiger partial charge in [-0.2, -0.15) is 0 Å². The molecule has 0 saturated carbocycles. The fourth-order valence-corrected chi connectivity index (χ4v) is 3.45. The maximum Gasteiger partial charge on any atom is 0.248 e. The predicted molar refractivity (Wildman–Crippen MR) is 99.5 cm³/mol. The Balaban J connectivity index is 1.94. The highest BCUT2D eigenvalue weighted by atomic mass is 19.1. The second kappa shape index (κ2) is 6.37. The molecule has 1 atom stereocenters. The van der Waals surface area contributed by atoms with Gasteiger partial charge in [0.05, 0.1) is 11.0 Å². The summed E-state index contributed by atoms with van der Waals surface area (Å²) in [6, 6.07) is 11.7. The van der Waals surface area contributed by atoms with Gasteiger partial charge < -0.3 is 10.6 Å². The van der Waals surface area contributed by atoms with Crippen LogP contribution in [0.1, 0.15) is 30.1 Å². The Kier molecular flexibility index (Phi) is 4.03. The summed E-state index contributed by atoms with van der Waals surface area (Å²) in [5.74, 6) is -0.0205. The van der Waals surface area contributed by atoms with Crippen LogP contribution in [0.3, 0.4) is 0 Å². The molecule has 0 radical (unpaired) electrons. The lowest BCUT2D eigenvalue weighted by Crippen LogP contribution is -2.28. The summed E-state index contributed by atoms with van der Waals surface area (Å²) in [6.07, 6.45) is 2.18. The maximum atomic E-state index is 13.3. The molecule has 2 heterocycles. The molecule has 1 aromatic heterocycles. The molecule has 26 heavy (non-hydrogen) atoms. The minimum absolute atomic E-state index is 0.287. The molecule has 4 rings (SSSR count). The molecule has 0 unspecified atom stereocenters. The summed E-state index contributed by atoms with van der Waals surface area (Å²) in [5, 5.41) is 0. The van der Waals surface area contributed by atoms with E-state index < -0.39 is 5.91 Å². The number of rotatable bonds is 3. The van der Waals surface area contributed by atoms with E-state index in [4.69, 9.17) is 15.7 Å². The van der Waals surface area contributed by atoms with E-state index in [1.165, 1.54) is 12.1 Å². The molecule has 0 bridgehead atoms. The van der Waals surface area contributed by atoms with Crippen molar-refractivity contribution in [2.75, 3.05) is 11.4 Å². The zero-order valence-electron chi connectivity index (χ0n) is 14.4. The molecule has 1 aliphatic rings. The summed E-state index contributed by atoms with van der Waals surface area (Å²) in [6.45, 7) is 3.05. The van der Waals surface area contributed by atoms with Crippen LogP contribution in [0.15, 0.2) is 42.5 Å². The largest absolute Gasteiger partial charge is 0.366 e. The smallest absolute Gasteiger partial charge is 0.248 e. The van der Waals surface area contributed by atoms with Crippen molar-refractivity contribution >= 4 is 22.8 Å². The summed E-state index contributed by atoms with van der Waals surface area (Å²) in [7, 11) is 0. The number of anilines is 1. The molecule has 5 nitrogen and oxygen atoms in total. The number of fused-ring (bicyclic) bond motifs is 1. The monoisotopic (exact) mass is 350 g/mol. The van der Waals surface area contributed by atoms with E-state index in [0.29, 0.717) is 22.6 Å². The van der Waals surface area contributed by atoms with Gasteiger partial charge in [-0.1, -0.05) is 0 Å². The lowest BCUT2D eigenvalue weighted by atomic mass is 10.1. The summed E-state index contributed by atoms with van der Waals surface area (Å²) >= 11 is 0. The van der Waals surface area contributed by atoms with Crippen LogP contribution in [-0.2, 0) is 0 Å². The van der Waals surface area contributed by atoms with E-state index in [1.54, 1.807) is 30.3 Å². The van der Waals surface area contributed by atoms with Crippen LogP contribution in [0.4, 0.5) is 10.2 Å². The summed E-state index contributed by atoms with van der Waals surface area (Å²) < 4.78 is 13.3. The van der Waals surface area contributed by atoms with Crippen molar-refractivity contribution in [2.45, 2.75) is 25.8 Å². The first-order chi connectivity index (χ1) is 12.5. The molecule has 0 spiro atoms. The quantitative estimate of drug-likeness (QED) is 0.784. The number of aromatic nitrogens is 2. The Hall–Kier alpha value is -3.02. The van der Waals surface area contributed by atoms with Gasteiger partial charge >= 0.3 is 0 Å². The first kappa shape index (κ1) is 16.4. The van der Waals surface area contributed by atoms with Crippen LogP contribution < -0.4 is 10.6 Å². The van der Waals surface area contributed by atoms with Crippen molar-refractivity contribution in [3.05, 3.63) is 53.8 Å². The first-order valence-electron chi connectivity index (χ1n) is 8.67. The van der Waals surface area contributed by atoms with Gasteiger partial charge in [0.15, 0.2) is 5.82 Å². The number of carbonyl (C=O) groups excluding carboxylic acids is 1. The molecule has 132 valence electrons. The number of nitrogens with zero attached hydrogens (tertiary/aromatic N) is 3. The number of primary amides is 1. The van der Waals surface area contributed by atoms with Crippen molar-refractivity contribution in [2.24, 2.45) is 5.73 Å². The zero-order chi connectivity index (χ0) is 18.3. The minimum atomic E-state index is -0.493. The van der Waals surface area contributed by atoms with E-state index in [9.17, 15) is 9.18 Å². The van der Waals surface area contributed by atoms with E-state index in [1.807, 2.05) is 0 Å². The Labute approximate surface area is 150 Å². The van der Waals surface area contributed by atoms with E-state index >= 15 is 0 Å². The van der Waals surface area contributed by atoms with E-state index in [0.717, 1.165) is 36.5 Å². The highest BCUT2D eigenvalue weighted by Crippen LogP contribution is 2.34. The summed E-state index contributed by atoms with van der Waals surface area (Å²) in [5.41, 5.74) is 8.63. The molecule has 1 aliphatic heterocycles. The molecule has 0 aliphatic carbocycles. The molecule has 6 heteroatoms. The number of benzene rings is 2. The van der Waals surface area contributed by atoms with Crippen molar-refractivity contribution < 1.29 is 9.18 Å². The molecular formula is C20H19FN4O. The van der Waals surface area contributed by atoms with Crippen molar-refractivity contribution in [1.29, 1.82) is 0 Å². The Morgan fingerprint density at radius 1 is 1.15 bits per heavy atom. The van der Waals surface area contributed by atoms with Gasteiger partial charge in [-0.15, -0.1) is 0 Å². The Bertz CT molecular complexity index is 987. The highest BCUT2D eigenvalue weighted by Gasteiger charge is 2.26. The molecule has 2 N–H and O–H groups in total. The van der Waals surface area contributed by atoms with Gasteiger partial charge in [0.2, 0.25) is 5.91 Å². The van der Waals surface area contributed by atoms with Crippen LogP contribution in [-0.4, -0.2) is 28.5 Å². The van der Waals surface area contributed by atoms with Crippen molar-refractivity contribution in [1.82, 2.24) is 9.97 Å². The van der Waals surface area contributed by atoms with Gasteiger partial charge in [0.1, 0.15) is 11.5 Å². The topological polar surface area (TPSA) is 72.1 Å². The van der Waals surface area contributed by atoms with Gasteiger partial charge in [-0.05, 0) is 62.2 Å². The average molecular weight is 350 g/mol. The van der Waals surface area contributed by atoms with Crippen LogP contribution in [0.5, 0.6) is 0 Å². The molecule has 1 fully saturated rings. The van der Waals surface area contributed by atoms with E-state index in [2.05, 4.69) is 11.8 Å². The van der Waals surface area contributed by atoms with Gasteiger partial charge in [0.25, 0.3) is 0 Å². The lowest BCUT2D eigenvalue weighted by molar-refractivity contribution is 0.100. The molecular weight excluding hydrogens is 331 g/mol. The fraction of sp³-hybridized carbons (Fsp3) is 0.250. The van der Waals surface area contributed by atoms with Gasteiger partial charge in [0, 0.05) is 23.7 Å². The van der Waals surface area contributed by atoms with Crippen LogP contribution >= 0.6 is 0 Å². The zero-order valence-corrected chi connectivity index (χ0v) is 14.4. The predicted octanol–water partition coefficient (Wildman–Crippen LogP) is 3.52. The number of amides is 1. The normalized spacial score (nSPS) is 17.0. The van der Waals surface area contributed by atoms with Crippen LogP contribution in [0.25, 0.3) is 22.3 Å². The standard InChI is InChI=1S/C20H19FN4O/c1-12-3-2-10-25(12)20-18(13-4-7-15(21)8-5-13)23-16-9-6-14(19(22)26)11-17(16)24-20/h4-9,11-12H,2-3,10H2,1H3,(H2,22,26)/t12-/m0/s1. The molecule has 1 amide bonds. The summed E-state index contributed by atoms with van der Waals surface area (Å²) in [4.78, 5) is 23.3. The Morgan fingerprint density at radius 2 is 1.92 bits per heavy atom. The second-order valence-electron chi connectivity index (χ2n) is 6.66. The number of hydrogen-bond acceptors (Lipinski definition) is 4. The third kappa shape index (κ3) is 2.87. The van der Waals surface area contributed by atoms with Crippen LogP contribution in [0.2, 0.25) is 0 Å². The van der Waals surface area contributed by atoms with Gasteiger partial charge in [-0.25, -0.2) is 14.4 Å². The molecule has 2 aromatic carbocycles. The molecule has 3 aromatic rings. The fourth-order valence-electron chi connectivity index (χ4n) is 3.45. The molecule has 1 saturated heterocycles. The lowest BCUT2D eigenvalue weighted by Gasteiger charge is -2.25. The third-order valence-electron chi connectivity index (χ3n) is 4.87. The second-order valence-corrected chi connectivity index (χ2v) is 6.66. The SMILES string of the molecule is C[C@H]1CCCN1c1nc2cc(C(N)=O)ccc2nc1-c1ccc(F)cc1. The average Bonchev–Trinajstić information content (AvgIpc) is 3.06. The Morgan fingerprint density at radius 3 is 2.58 bits per heavy atom. The maximum absolute atomic E-state index is 13.3. The van der Waals surface area contributed by atoms with E-state index in [-0.39, 0.29) is 5.82 Å². The van der Waals surface area contributed by atoms with Crippen molar-refractivity contribution in [3.8, 4) is 11.3 Å². The highest BCUT2D eigenvalue weighted by molar-refractivity contribution is 5.96. The first-order valence-corrected chi connectivity index (χ1v) is 8.67.